The van der Waals surface area contributed by atoms with Crippen LogP contribution in [0.5, 0.6) is 0 Å². The minimum atomic E-state index is -1.22. The van der Waals surface area contributed by atoms with E-state index in [1.165, 1.54) is 43.3 Å². The van der Waals surface area contributed by atoms with Gasteiger partial charge in [0.15, 0.2) is 0 Å². The Hall–Kier alpha value is -1.84. The van der Waals surface area contributed by atoms with E-state index in [-0.39, 0.29) is 5.91 Å². The van der Waals surface area contributed by atoms with Crippen molar-refractivity contribution in [3.8, 4) is 0 Å². The molecule has 1 aromatic rings. The van der Waals surface area contributed by atoms with Crippen molar-refractivity contribution in [2.75, 3.05) is 7.05 Å². The number of fused-ring (bicyclic) bond motifs is 1. The van der Waals surface area contributed by atoms with Gasteiger partial charge in [-0.3, -0.25) is 4.79 Å². The van der Waals surface area contributed by atoms with Crippen LogP contribution < -0.4 is 0 Å². The number of nitrogens with zero attached hydrogens (tertiary/aromatic N) is 1. The van der Waals surface area contributed by atoms with Gasteiger partial charge in [-0.15, -0.1) is 0 Å². The van der Waals surface area contributed by atoms with Crippen LogP contribution in [0.3, 0.4) is 0 Å². The summed E-state index contributed by atoms with van der Waals surface area (Å²) in [5, 5.41) is 9.21. The van der Waals surface area contributed by atoms with Crippen LogP contribution in [0.1, 0.15) is 48.2 Å². The van der Waals surface area contributed by atoms with Gasteiger partial charge in [-0.05, 0) is 62.8 Å². The van der Waals surface area contributed by atoms with Gasteiger partial charge < -0.3 is 10.0 Å². The number of hydrogen-bond donors (Lipinski definition) is 1. The van der Waals surface area contributed by atoms with Gasteiger partial charge in [0.1, 0.15) is 5.54 Å². The van der Waals surface area contributed by atoms with Gasteiger partial charge in [-0.2, -0.15) is 0 Å². The van der Waals surface area contributed by atoms with E-state index in [1.54, 1.807) is 6.07 Å². The molecule has 0 atom stereocenters. The lowest BCUT2D eigenvalue weighted by atomic mass is 9.90. The van der Waals surface area contributed by atoms with E-state index >= 15 is 0 Å². The quantitative estimate of drug-likeness (QED) is 0.922. The molecular weight excluding hydrogens is 254 g/mol. The van der Waals surface area contributed by atoms with E-state index < -0.39 is 11.5 Å². The first-order valence-corrected chi connectivity index (χ1v) is 6.97. The number of carboxylic acids is 1. The number of likely N-dealkylation sites (N-methyl/N-ethyl adjacent to an activating group) is 1. The predicted octanol–water partition coefficient (Wildman–Crippen LogP) is 2.50. The second kappa shape index (κ2) is 5.27. The average Bonchev–Trinajstić information content (AvgIpc) is 2.44. The zero-order valence-electron chi connectivity index (χ0n) is 12.3. The number of aliphatic carboxylic acids is 1. The highest BCUT2D eigenvalue weighted by Crippen LogP contribution is 2.24. The molecule has 0 aromatic heterocycles. The number of rotatable bonds is 3. The lowest BCUT2D eigenvalue weighted by Gasteiger charge is -2.31. The normalized spacial score (nSPS) is 14.6. The van der Waals surface area contributed by atoms with Crippen LogP contribution in [0.4, 0.5) is 0 Å². The van der Waals surface area contributed by atoms with Crippen LogP contribution in [-0.4, -0.2) is 34.5 Å². The molecule has 0 saturated carbocycles. The van der Waals surface area contributed by atoms with Crippen molar-refractivity contribution in [3.05, 3.63) is 34.9 Å². The van der Waals surface area contributed by atoms with Crippen molar-refractivity contribution >= 4 is 11.9 Å². The van der Waals surface area contributed by atoms with Gasteiger partial charge in [0.2, 0.25) is 0 Å². The van der Waals surface area contributed by atoms with Crippen molar-refractivity contribution in [1.82, 2.24) is 4.90 Å². The summed E-state index contributed by atoms with van der Waals surface area (Å²) in [6.45, 7) is 3.07. The van der Waals surface area contributed by atoms with Gasteiger partial charge in [-0.1, -0.05) is 6.07 Å². The first kappa shape index (κ1) is 14.6. The van der Waals surface area contributed by atoms with E-state index in [0.29, 0.717) is 5.56 Å². The highest BCUT2D eigenvalue weighted by atomic mass is 16.4. The molecule has 2 rings (SSSR count). The van der Waals surface area contributed by atoms with Crippen molar-refractivity contribution in [2.45, 2.75) is 45.1 Å². The molecule has 0 fully saturated rings. The van der Waals surface area contributed by atoms with Crippen LogP contribution in [-0.2, 0) is 17.6 Å². The SMILES string of the molecule is CN(C(=O)c1ccc2c(c1)CCCC2)C(C)(C)C(=O)O. The molecule has 0 spiro atoms. The Balaban J connectivity index is 2.27. The number of aryl methyl sites for hydroxylation is 2. The fourth-order valence-corrected chi connectivity index (χ4v) is 2.46. The predicted molar refractivity (Wildman–Crippen MR) is 76.9 cm³/mol. The molecule has 0 radical (unpaired) electrons. The molecule has 1 amide bonds. The number of carbonyl (C=O) groups is 2. The van der Waals surface area contributed by atoms with Crippen LogP contribution in [0.15, 0.2) is 18.2 Å². The van der Waals surface area contributed by atoms with Gasteiger partial charge in [0, 0.05) is 12.6 Å². The molecule has 0 unspecified atom stereocenters. The van der Waals surface area contributed by atoms with Crippen molar-refractivity contribution in [1.29, 1.82) is 0 Å². The molecule has 1 aliphatic rings. The molecule has 1 aliphatic carbocycles. The van der Waals surface area contributed by atoms with Gasteiger partial charge in [0.05, 0.1) is 0 Å². The third-order valence-electron chi connectivity index (χ3n) is 4.26. The zero-order chi connectivity index (χ0) is 14.9. The summed E-state index contributed by atoms with van der Waals surface area (Å²) in [6, 6.07) is 5.73. The summed E-state index contributed by atoms with van der Waals surface area (Å²) in [4.78, 5) is 25.0. The summed E-state index contributed by atoms with van der Waals surface area (Å²) in [5.74, 6) is -1.25. The Labute approximate surface area is 119 Å². The largest absolute Gasteiger partial charge is 0.480 e. The minimum absolute atomic E-state index is 0.245. The zero-order valence-corrected chi connectivity index (χ0v) is 12.3. The van der Waals surface area contributed by atoms with Crippen molar-refractivity contribution in [3.63, 3.8) is 0 Å². The first-order chi connectivity index (χ1) is 9.34. The molecule has 0 aliphatic heterocycles. The Kier molecular flexibility index (Phi) is 3.84. The molecular formula is C16H21NO3. The van der Waals surface area contributed by atoms with Crippen molar-refractivity contribution < 1.29 is 14.7 Å². The maximum absolute atomic E-state index is 12.4. The van der Waals surface area contributed by atoms with Crippen LogP contribution in [0, 0.1) is 0 Å². The molecule has 0 heterocycles. The summed E-state index contributed by atoms with van der Waals surface area (Å²) in [6.07, 6.45) is 4.43. The second-order valence-corrected chi connectivity index (χ2v) is 5.92. The summed E-state index contributed by atoms with van der Waals surface area (Å²) in [5.41, 5.74) is 1.89. The van der Waals surface area contributed by atoms with Gasteiger partial charge >= 0.3 is 5.97 Å². The van der Waals surface area contributed by atoms with Gasteiger partial charge in [0.25, 0.3) is 5.91 Å². The molecule has 1 N–H and O–H groups in total. The molecule has 0 saturated heterocycles. The topological polar surface area (TPSA) is 57.6 Å². The number of carboxylic acid groups (broad SMARTS) is 1. The molecule has 20 heavy (non-hydrogen) atoms. The fraction of sp³-hybridized carbons (Fsp3) is 0.500. The maximum Gasteiger partial charge on any atom is 0.329 e. The number of carbonyl (C=O) groups excluding carboxylic acids is 1. The number of benzene rings is 1. The van der Waals surface area contributed by atoms with E-state index in [1.807, 2.05) is 12.1 Å². The van der Waals surface area contributed by atoms with Gasteiger partial charge in [-0.25, -0.2) is 4.79 Å². The third-order valence-corrected chi connectivity index (χ3v) is 4.26. The van der Waals surface area contributed by atoms with Crippen LogP contribution in [0.25, 0.3) is 0 Å². The molecule has 1 aromatic carbocycles. The Morgan fingerprint density at radius 1 is 1.15 bits per heavy atom. The lowest BCUT2D eigenvalue weighted by molar-refractivity contribution is -0.147. The van der Waals surface area contributed by atoms with E-state index in [4.69, 9.17) is 0 Å². The number of amides is 1. The standard InChI is InChI=1S/C16H21NO3/c1-16(2,15(19)20)17(3)14(18)13-9-8-11-6-4-5-7-12(11)10-13/h8-10H,4-7H2,1-3H3,(H,19,20). The molecule has 4 nitrogen and oxygen atoms in total. The Bertz CT molecular complexity index is 549. The highest BCUT2D eigenvalue weighted by Gasteiger charge is 2.35. The van der Waals surface area contributed by atoms with Crippen molar-refractivity contribution in [2.24, 2.45) is 0 Å². The Morgan fingerprint density at radius 2 is 1.75 bits per heavy atom. The highest BCUT2D eigenvalue weighted by molar-refractivity contribution is 5.97. The maximum atomic E-state index is 12.4. The summed E-state index contributed by atoms with van der Waals surface area (Å²) >= 11 is 0. The van der Waals surface area contributed by atoms with E-state index in [9.17, 15) is 14.7 Å². The molecule has 0 bridgehead atoms. The fourth-order valence-electron chi connectivity index (χ4n) is 2.46. The smallest absolute Gasteiger partial charge is 0.329 e. The third kappa shape index (κ3) is 2.55. The number of hydrogen-bond acceptors (Lipinski definition) is 2. The van der Waals surface area contributed by atoms with E-state index in [2.05, 4.69) is 0 Å². The first-order valence-electron chi connectivity index (χ1n) is 6.97. The van der Waals surface area contributed by atoms with Crippen LogP contribution >= 0.6 is 0 Å². The molecule has 108 valence electrons. The Morgan fingerprint density at radius 3 is 2.35 bits per heavy atom. The summed E-state index contributed by atoms with van der Waals surface area (Å²) in [7, 11) is 1.54. The second-order valence-electron chi connectivity index (χ2n) is 5.92. The molecule has 4 heteroatoms. The van der Waals surface area contributed by atoms with E-state index in [0.717, 1.165) is 19.3 Å². The minimum Gasteiger partial charge on any atom is -0.480 e. The lowest BCUT2D eigenvalue weighted by Crippen LogP contribution is -2.50. The van der Waals surface area contributed by atoms with Crippen LogP contribution in [0.2, 0.25) is 0 Å². The summed E-state index contributed by atoms with van der Waals surface area (Å²) < 4.78 is 0. The average molecular weight is 275 g/mol. The monoisotopic (exact) mass is 275 g/mol.